The zero-order valence-corrected chi connectivity index (χ0v) is 20.7. The van der Waals surface area contributed by atoms with E-state index in [9.17, 15) is 4.79 Å². The molecular weight excluding hydrogens is 472 g/mol. The number of benzene rings is 2. The van der Waals surface area contributed by atoms with Crippen LogP contribution in [-0.4, -0.2) is 38.0 Å². The second kappa shape index (κ2) is 9.82. The summed E-state index contributed by atoms with van der Waals surface area (Å²) >= 11 is 0. The number of oxazole rings is 2. The van der Waals surface area contributed by atoms with Gasteiger partial charge in [-0.15, -0.1) is 10.2 Å². The molecule has 2 N–H and O–H groups in total. The first-order valence-corrected chi connectivity index (χ1v) is 11.7. The van der Waals surface area contributed by atoms with Crippen LogP contribution in [0.1, 0.15) is 40.3 Å². The number of rotatable bonds is 8. The van der Waals surface area contributed by atoms with Gasteiger partial charge in [-0.05, 0) is 44.0 Å². The minimum absolute atomic E-state index is 0.209. The average Bonchev–Trinajstić information content (AvgIpc) is 3.66. The average molecular weight is 499 g/mol. The fraction of sp³-hybridized carbons (Fsp3) is 0.222. The predicted molar refractivity (Wildman–Crippen MR) is 134 cm³/mol. The van der Waals surface area contributed by atoms with Crippen molar-refractivity contribution >= 4 is 5.91 Å². The number of hydrogen-bond acceptors (Lipinski definition) is 9. The van der Waals surface area contributed by atoms with Crippen molar-refractivity contribution in [2.24, 2.45) is 5.73 Å². The summed E-state index contributed by atoms with van der Waals surface area (Å²) < 4.78 is 16.9. The molecule has 10 nitrogen and oxygen atoms in total. The van der Waals surface area contributed by atoms with E-state index in [1.165, 1.54) is 17.4 Å². The van der Waals surface area contributed by atoms with E-state index in [4.69, 9.17) is 19.0 Å². The standard InChI is InChI=1S/C27H26N6O4/c1-17-16-36-22(30-17)15-33(3)25(34)21-12-19(23-29-9-10-35-23)11-20(13-21)24-31-32-26(37-24)27(2,28)14-18-7-5-4-6-8-18/h4-13,16H,14-15,28H2,1-3H3/t27-/m1/s1. The Kier molecular flexibility index (Phi) is 6.41. The molecule has 1 atom stereocenters. The maximum absolute atomic E-state index is 13.3. The second-order valence-corrected chi connectivity index (χ2v) is 9.17. The summed E-state index contributed by atoms with van der Waals surface area (Å²) in [5.74, 6) is 1.07. The number of nitrogens with zero attached hydrogens (tertiary/aromatic N) is 5. The first kappa shape index (κ1) is 24.1. The molecule has 5 rings (SSSR count). The number of hydrogen-bond donors (Lipinski definition) is 1. The monoisotopic (exact) mass is 498 g/mol. The van der Waals surface area contributed by atoms with Crippen LogP contribution in [0.3, 0.4) is 0 Å². The lowest BCUT2D eigenvalue weighted by Crippen LogP contribution is -2.35. The van der Waals surface area contributed by atoms with Crippen LogP contribution in [0.5, 0.6) is 0 Å². The van der Waals surface area contributed by atoms with Gasteiger partial charge < -0.3 is 23.9 Å². The molecule has 5 aromatic rings. The molecule has 0 aliphatic rings. The Bertz CT molecular complexity index is 1500. The molecule has 0 fully saturated rings. The lowest BCUT2D eigenvalue weighted by Gasteiger charge is -2.20. The Labute approximate surface area is 213 Å². The van der Waals surface area contributed by atoms with Gasteiger partial charge in [0.15, 0.2) is 0 Å². The van der Waals surface area contributed by atoms with Crippen molar-refractivity contribution in [2.45, 2.75) is 32.4 Å². The predicted octanol–water partition coefficient (Wildman–Crippen LogP) is 4.38. The molecule has 0 unspecified atom stereocenters. The van der Waals surface area contributed by atoms with Gasteiger partial charge in [0.1, 0.15) is 12.5 Å². The zero-order valence-electron chi connectivity index (χ0n) is 20.7. The summed E-state index contributed by atoms with van der Waals surface area (Å²) in [6.45, 7) is 3.88. The van der Waals surface area contributed by atoms with E-state index in [1.807, 2.05) is 44.2 Å². The van der Waals surface area contributed by atoms with Crippen molar-refractivity contribution in [1.82, 2.24) is 25.1 Å². The molecule has 0 aliphatic heterocycles. The highest BCUT2D eigenvalue weighted by atomic mass is 16.4. The molecule has 2 aromatic carbocycles. The van der Waals surface area contributed by atoms with Gasteiger partial charge in [-0.1, -0.05) is 30.3 Å². The summed E-state index contributed by atoms with van der Waals surface area (Å²) in [5.41, 5.74) is 8.98. The van der Waals surface area contributed by atoms with Gasteiger partial charge in [0, 0.05) is 23.7 Å². The highest BCUT2D eigenvalue weighted by Crippen LogP contribution is 2.30. The molecule has 1 amide bonds. The largest absolute Gasteiger partial charge is 0.447 e. The third-order valence-corrected chi connectivity index (χ3v) is 5.82. The van der Waals surface area contributed by atoms with E-state index in [1.54, 1.807) is 31.5 Å². The summed E-state index contributed by atoms with van der Waals surface area (Å²) in [6.07, 6.45) is 5.06. The Hall–Kier alpha value is -4.57. The molecular formula is C27H26N6O4. The lowest BCUT2D eigenvalue weighted by atomic mass is 9.94. The molecule has 0 radical (unpaired) electrons. The molecule has 37 heavy (non-hydrogen) atoms. The van der Waals surface area contributed by atoms with Crippen molar-refractivity contribution in [3.63, 3.8) is 0 Å². The van der Waals surface area contributed by atoms with Gasteiger partial charge in [-0.25, -0.2) is 9.97 Å². The molecule has 3 aromatic heterocycles. The number of carbonyl (C=O) groups excluding carboxylic acids is 1. The SMILES string of the molecule is Cc1coc(CN(C)C(=O)c2cc(-c3ncco3)cc(-c3nnc([C@](C)(N)Cc4ccccc4)o3)c2)n1. The third-order valence-electron chi connectivity index (χ3n) is 5.82. The quantitative estimate of drug-likeness (QED) is 0.330. The fourth-order valence-electron chi connectivity index (χ4n) is 4.00. The Morgan fingerprint density at radius 1 is 1.05 bits per heavy atom. The highest BCUT2D eigenvalue weighted by Gasteiger charge is 2.29. The Balaban J connectivity index is 1.47. The van der Waals surface area contributed by atoms with Gasteiger partial charge >= 0.3 is 0 Å². The van der Waals surface area contributed by atoms with E-state index in [2.05, 4.69) is 20.2 Å². The third kappa shape index (κ3) is 5.34. The van der Waals surface area contributed by atoms with Crippen LogP contribution in [0.25, 0.3) is 22.9 Å². The van der Waals surface area contributed by atoms with Crippen LogP contribution >= 0.6 is 0 Å². The lowest BCUT2D eigenvalue weighted by molar-refractivity contribution is 0.0773. The smallest absolute Gasteiger partial charge is 0.254 e. The van der Waals surface area contributed by atoms with E-state index in [0.717, 1.165) is 11.3 Å². The van der Waals surface area contributed by atoms with Crippen LogP contribution in [0.4, 0.5) is 0 Å². The summed E-state index contributed by atoms with van der Waals surface area (Å²) in [7, 11) is 1.67. The fourth-order valence-corrected chi connectivity index (χ4v) is 4.00. The summed E-state index contributed by atoms with van der Waals surface area (Å²) in [5, 5.41) is 8.46. The van der Waals surface area contributed by atoms with Crippen LogP contribution in [0.2, 0.25) is 0 Å². The summed E-state index contributed by atoms with van der Waals surface area (Å²) in [6, 6.07) is 15.0. The molecule has 0 bridgehead atoms. The Morgan fingerprint density at radius 3 is 2.49 bits per heavy atom. The van der Waals surface area contributed by atoms with Crippen LogP contribution in [0, 0.1) is 6.92 Å². The zero-order chi connectivity index (χ0) is 26.0. The van der Waals surface area contributed by atoms with Crippen LogP contribution in [-0.2, 0) is 18.5 Å². The summed E-state index contributed by atoms with van der Waals surface area (Å²) in [4.78, 5) is 23.4. The molecule has 0 saturated heterocycles. The van der Waals surface area contributed by atoms with E-state index >= 15 is 0 Å². The van der Waals surface area contributed by atoms with Gasteiger partial charge in [-0.2, -0.15) is 0 Å². The maximum atomic E-state index is 13.3. The van der Waals surface area contributed by atoms with Gasteiger partial charge in [0.25, 0.3) is 5.91 Å². The van der Waals surface area contributed by atoms with Gasteiger partial charge in [0.05, 0.1) is 24.0 Å². The number of aryl methyl sites for hydroxylation is 1. The second-order valence-electron chi connectivity index (χ2n) is 9.17. The minimum Gasteiger partial charge on any atom is -0.447 e. The molecule has 0 aliphatic carbocycles. The number of amides is 1. The number of nitrogens with two attached hydrogens (primary N) is 1. The topological polar surface area (TPSA) is 137 Å². The van der Waals surface area contributed by atoms with Crippen molar-refractivity contribution in [2.75, 3.05) is 7.05 Å². The normalized spacial score (nSPS) is 12.9. The molecule has 3 heterocycles. The van der Waals surface area contributed by atoms with E-state index < -0.39 is 5.54 Å². The molecule has 188 valence electrons. The van der Waals surface area contributed by atoms with Gasteiger partial charge in [0.2, 0.25) is 23.6 Å². The van der Waals surface area contributed by atoms with Crippen molar-refractivity contribution in [1.29, 1.82) is 0 Å². The number of aromatic nitrogens is 4. The molecule has 0 spiro atoms. The van der Waals surface area contributed by atoms with Crippen molar-refractivity contribution in [3.8, 4) is 22.9 Å². The van der Waals surface area contributed by atoms with Crippen LogP contribution in [0.15, 0.2) is 80.5 Å². The molecule has 0 saturated carbocycles. The maximum Gasteiger partial charge on any atom is 0.254 e. The van der Waals surface area contributed by atoms with E-state index in [-0.39, 0.29) is 24.2 Å². The first-order chi connectivity index (χ1) is 17.8. The first-order valence-electron chi connectivity index (χ1n) is 11.7. The van der Waals surface area contributed by atoms with Crippen molar-refractivity contribution < 1.29 is 18.0 Å². The van der Waals surface area contributed by atoms with Gasteiger partial charge in [-0.3, -0.25) is 4.79 Å². The Morgan fingerprint density at radius 2 is 1.81 bits per heavy atom. The molecule has 10 heteroatoms. The van der Waals surface area contributed by atoms with E-state index in [0.29, 0.717) is 34.9 Å². The van der Waals surface area contributed by atoms with Crippen LogP contribution < -0.4 is 5.73 Å². The number of carbonyl (C=O) groups is 1. The van der Waals surface area contributed by atoms with Crippen molar-refractivity contribution in [3.05, 3.63) is 95.9 Å². The highest BCUT2D eigenvalue weighted by molar-refractivity contribution is 5.96. The minimum atomic E-state index is -0.889.